The Morgan fingerprint density at radius 1 is 1.32 bits per heavy atom. The normalized spacial score (nSPS) is 30.9. The Bertz CT molecular complexity index is 355. The van der Waals surface area contributed by atoms with Gasteiger partial charge in [-0.25, -0.2) is 4.79 Å². The molecule has 2 saturated carbocycles. The third kappa shape index (κ3) is 3.93. The highest BCUT2D eigenvalue weighted by Crippen LogP contribution is 2.32. The molecule has 0 spiro atoms. The molecule has 0 heterocycles. The van der Waals surface area contributed by atoms with Crippen LogP contribution in [0.2, 0.25) is 0 Å². The third-order valence-corrected chi connectivity index (χ3v) is 4.20. The quantitative estimate of drug-likeness (QED) is 0.675. The minimum absolute atomic E-state index is 0.197. The molecule has 2 aliphatic carbocycles. The minimum atomic E-state index is -1.05. The molecular formula is C14H24N2O3. The van der Waals surface area contributed by atoms with E-state index in [1.807, 2.05) is 6.92 Å². The number of carbonyl (C=O) groups excluding carboxylic acids is 1. The second kappa shape index (κ2) is 5.90. The first kappa shape index (κ1) is 14.3. The van der Waals surface area contributed by atoms with E-state index >= 15 is 0 Å². The number of carbonyl (C=O) groups is 2. The van der Waals surface area contributed by atoms with Crippen molar-refractivity contribution >= 4 is 11.9 Å². The summed E-state index contributed by atoms with van der Waals surface area (Å²) in [5, 5.41) is 15.3. The van der Waals surface area contributed by atoms with Crippen molar-refractivity contribution in [3.63, 3.8) is 0 Å². The Morgan fingerprint density at radius 3 is 2.63 bits per heavy atom. The fraction of sp³-hybridized carbons (Fsp3) is 0.857. The Labute approximate surface area is 114 Å². The number of aliphatic carboxylic acids is 1. The number of nitrogens with one attached hydrogen (secondary N) is 2. The van der Waals surface area contributed by atoms with Crippen LogP contribution in [0.3, 0.4) is 0 Å². The lowest BCUT2D eigenvalue weighted by Crippen LogP contribution is -2.58. The largest absolute Gasteiger partial charge is 0.480 e. The maximum atomic E-state index is 11.9. The molecule has 2 rings (SSSR count). The van der Waals surface area contributed by atoms with E-state index in [-0.39, 0.29) is 12.5 Å². The van der Waals surface area contributed by atoms with E-state index in [1.165, 1.54) is 12.8 Å². The van der Waals surface area contributed by atoms with E-state index in [2.05, 4.69) is 10.6 Å². The lowest BCUT2D eigenvalue weighted by atomic mass is 9.76. The van der Waals surface area contributed by atoms with Crippen LogP contribution in [-0.2, 0) is 9.59 Å². The van der Waals surface area contributed by atoms with Crippen molar-refractivity contribution in [2.75, 3.05) is 13.1 Å². The number of hydrogen-bond acceptors (Lipinski definition) is 3. The molecule has 1 amide bonds. The molecule has 0 aromatic heterocycles. The van der Waals surface area contributed by atoms with Crippen LogP contribution >= 0.6 is 0 Å². The van der Waals surface area contributed by atoms with Crippen LogP contribution in [0, 0.1) is 11.8 Å². The van der Waals surface area contributed by atoms with Gasteiger partial charge in [0.05, 0.1) is 6.54 Å². The maximum Gasteiger partial charge on any atom is 0.329 e. The molecule has 2 atom stereocenters. The van der Waals surface area contributed by atoms with Crippen molar-refractivity contribution in [1.29, 1.82) is 0 Å². The van der Waals surface area contributed by atoms with Gasteiger partial charge in [-0.3, -0.25) is 4.79 Å². The number of carboxylic acids is 1. The van der Waals surface area contributed by atoms with Gasteiger partial charge in [-0.05, 0) is 44.1 Å². The van der Waals surface area contributed by atoms with Gasteiger partial charge in [0.25, 0.3) is 0 Å². The third-order valence-electron chi connectivity index (χ3n) is 4.20. The second-order valence-electron chi connectivity index (χ2n) is 6.21. The zero-order valence-electron chi connectivity index (χ0n) is 11.6. The van der Waals surface area contributed by atoms with Crippen LogP contribution in [-0.4, -0.2) is 35.6 Å². The zero-order chi connectivity index (χ0) is 13.9. The molecule has 0 aromatic carbocycles. The van der Waals surface area contributed by atoms with Crippen LogP contribution in [0.5, 0.6) is 0 Å². The molecule has 0 aliphatic heterocycles. The molecule has 2 aliphatic rings. The van der Waals surface area contributed by atoms with Gasteiger partial charge in [-0.15, -0.1) is 0 Å². The molecule has 0 aromatic rings. The highest BCUT2D eigenvalue weighted by atomic mass is 16.4. The maximum absolute atomic E-state index is 11.9. The summed E-state index contributed by atoms with van der Waals surface area (Å²) in [5.74, 6) is -0.0211. The molecule has 2 unspecified atom stereocenters. The standard InChI is InChI=1S/C14H24N2O3/c1-10-3-2-6-14(7-10,13(18)19)16-12(17)9-15-8-11-4-5-11/h10-11,15H,2-9H2,1H3,(H,16,17)(H,18,19). The Balaban J connectivity index is 1.84. The first-order valence-corrected chi connectivity index (χ1v) is 7.27. The van der Waals surface area contributed by atoms with Crippen molar-refractivity contribution in [3.05, 3.63) is 0 Å². The average molecular weight is 268 g/mol. The van der Waals surface area contributed by atoms with Crippen molar-refractivity contribution in [1.82, 2.24) is 10.6 Å². The van der Waals surface area contributed by atoms with Gasteiger partial charge in [0, 0.05) is 0 Å². The van der Waals surface area contributed by atoms with Crippen LogP contribution in [0.4, 0.5) is 0 Å². The Morgan fingerprint density at radius 2 is 2.05 bits per heavy atom. The molecule has 3 N–H and O–H groups in total. The number of rotatable bonds is 6. The summed E-state index contributed by atoms with van der Waals surface area (Å²) in [6.45, 7) is 3.14. The smallest absolute Gasteiger partial charge is 0.329 e. The SMILES string of the molecule is CC1CCCC(NC(=O)CNCC2CC2)(C(=O)O)C1. The van der Waals surface area contributed by atoms with Crippen LogP contribution in [0.15, 0.2) is 0 Å². The molecule has 19 heavy (non-hydrogen) atoms. The molecule has 5 nitrogen and oxygen atoms in total. The molecule has 0 radical (unpaired) electrons. The summed E-state index contributed by atoms with van der Waals surface area (Å²) in [5.41, 5.74) is -1.05. The number of carboxylic acid groups (broad SMARTS) is 1. The topological polar surface area (TPSA) is 78.4 Å². The van der Waals surface area contributed by atoms with E-state index < -0.39 is 11.5 Å². The van der Waals surface area contributed by atoms with E-state index in [0.29, 0.717) is 18.8 Å². The summed E-state index contributed by atoms with van der Waals surface area (Å²) in [6, 6.07) is 0. The highest BCUT2D eigenvalue weighted by Gasteiger charge is 2.43. The number of amides is 1. The van der Waals surface area contributed by atoms with E-state index in [1.54, 1.807) is 0 Å². The van der Waals surface area contributed by atoms with E-state index in [9.17, 15) is 14.7 Å². The van der Waals surface area contributed by atoms with Crippen molar-refractivity contribution < 1.29 is 14.7 Å². The molecule has 0 saturated heterocycles. The predicted octanol–water partition coefficient (Wildman–Crippen LogP) is 1.14. The fourth-order valence-corrected chi connectivity index (χ4v) is 2.94. The summed E-state index contributed by atoms with van der Waals surface area (Å²) in [7, 11) is 0. The van der Waals surface area contributed by atoms with Gasteiger partial charge in [0.1, 0.15) is 5.54 Å². The first-order chi connectivity index (χ1) is 9.02. The average Bonchev–Trinajstić information content (AvgIpc) is 3.12. The minimum Gasteiger partial charge on any atom is -0.480 e. The van der Waals surface area contributed by atoms with Crippen LogP contribution in [0.1, 0.15) is 45.4 Å². The molecule has 5 heteroatoms. The summed E-state index contributed by atoms with van der Waals surface area (Å²) >= 11 is 0. The summed E-state index contributed by atoms with van der Waals surface area (Å²) in [6.07, 6.45) is 5.47. The highest BCUT2D eigenvalue weighted by molar-refractivity contribution is 5.88. The molecule has 108 valence electrons. The first-order valence-electron chi connectivity index (χ1n) is 7.27. The van der Waals surface area contributed by atoms with Crippen LogP contribution < -0.4 is 10.6 Å². The number of hydrogen-bond donors (Lipinski definition) is 3. The van der Waals surface area contributed by atoms with Gasteiger partial charge in [0.15, 0.2) is 0 Å². The van der Waals surface area contributed by atoms with Gasteiger partial charge in [-0.2, -0.15) is 0 Å². The van der Waals surface area contributed by atoms with Gasteiger partial charge in [0.2, 0.25) is 5.91 Å². The second-order valence-corrected chi connectivity index (χ2v) is 6.21. The Hall–Kier alpha value is -1.10. The van der Waals surface area contributed by atoms with E-state index in [0.717, 1.165) is 25.3 Å². The van der Waals surface area contributed by atoms with Crippen LogP contribution in [0.25, 0.3) is 0 Å². The lowest BCUT2D eigenvalue weighted by Gasteiger charge is -2.37. The van der Waals surface area contributed by atoms with Gasteiger partial charge < -0.3 is 15.7 Å². The monoisotopic (exact) mass is 268 g/mol. The van der Waals surface area contributed by atoms with Crippen molar-refractivity contribution in [3.8, 4) is 0 Å². The molecular weight excluding hydrogens is 244 g/mol. The van der Waals surface area contributed by atoms with E-state index in [4.69, 9.17) is 0 Å². The summed E-state index contributed by atoms with van der Waals surface area (Å²) in [4.78, 5) is 23.4. The molecule has 0 bridgehead atoms. The van der Waals surface area contributed by atoms with Crippen molar-refractivity contribution in [2.24, 2.45) is 11.8 Å². The van der Waals surface area contributed by atoms with Gasteiger partial charge >= 0.3 is 5.97 Å². The van der Waals surface area contributed by atoms with Crippen molar-refractivity contribution in [2.45, 2.75) is 51.0 Å². The fourth-order valence-electron chi connectivity index (χ4n) is 2.94. The zero-order valence-corrected chi connectivity index (χ0v) is 11.6. The Kier molecular flexibility index (Phi) is 4.45. The predicted molar refractivity (Wildman–Crippen MR) is 71.7 cm³/mol. The molecule has 2 fully saturated rings. The summed E-state index contributed by atoms with van der Waals surface area (Å²) < 4.78 is 0. The lowest BCUT2D eigenvalue weighted by molar-refractivity contribution is -0.149. The van der Waals surface area contributed by atoms with Gasteiger partial charge in [-0.1, -0.05) is 19.8 Å².